The average Bonchev–Trinajstić information content (AvgIpc) is 2.75. The Balaban J connectivity index is 1.87. The summed E-state index contributed by atoms with van der Waals surface area (Å²) in [5.74, 6) is 1.68. The lowest BCUT2D eigenvalue weighted by molar-refractivity contribution is -0.0329. The van der Waals surface area contributed by atoms with E-state index < -0.39 is 5.51 Å². The Hall–Kier alpha value is 0.620. The molecule has 16 heavy (non-hydrogen) atoms. The van der Waals surface area contributed by atoms with Crippen molar-refractivity contribution < 1.29 is 13.2 Å². The molecule has 2 rings (SSSR count). The number of thioether (sulfide) groups is 1. The van der Waals surface area contributed by atoms with Gasteiger partial charge in [-0.2, -0.15) is 13.2 Å². The van der Waals surface area contributed by atoms with Crippen LogP contribution in [-0.2, 0) is 0 Å². The maximum Gasteiger partial charge on any atom is 0.441 e. The summed E-state index contributed by atoms with van der Waals surface area (Å²) in [5, 5.41) is 0.875. The predicted molar refractivity (Wildman–Crippen MR) is 64.8 cm³/mol. The van der Waals surface area contributed by atoms with Crippen LogP contribution >= 0.6 is 27.7 Å². The van der Waals surface area contributed by atoms with Crippen LogP contribution in [0.25, 0.3) is 0 Å². The molecule has 0 spiro atoms. The first-order chi connectivity index (χ1) is 7.45. The lowest BCUT2D eigenvalue weighted by atomic mass is 9.73. The summed E-state index contributed by atoms with van der Waals surface area (Å²) in [6.45, 7) is 0. The average molecular weight is 317 g/mol. The highest BCUT2D eigenvalue weighted by Gasteiger charge is 2.49. The Morgan fingerprint density at radius 3 is 2.50 bits per heavy atom. The van der Waals surface area contributed by atoms with Crippen molar-refractivity contribution in [2.45, 2.75) is 37.6 Å². The van der Waals surface area contributed by atoms with Crippen LogP contribution in [0.3, 0.4) is 0 Å². The van der Waals surface area contributed by atoms with E-state index in [1.54, 1.807) is 0 Å². The van der Waals surface area contributed by atoms with Crippen LogP contribution in [0.2, 0.25) is 0 Å². The molecule has 2 bridgehead atoms. The molecule has 94 valence electrons. The zero-order valence-electron chi connectivity index (χ0n) is 9.02. The van der Waals surface area contributed by atoms with Crippen molar-refractivity contribution in [3.05, 3.63) is 0 Å². The van der Waals surface area contributed by atoms with Gasteiger partial charge in [0, 0.05) is 11.1 Å². The van der Waals surface area contributed by atoms with Gasteiger partial charge in [-0.15, -0.1) is 0 Å². The maximum atomic E-state index is 12.1. The van der Waals surface area contributed by atoms with Crippen molar-refractivity contribution in [2.75, 3.05) is 11.1 Å². The van der Waals surface area contributed by atoms with Crippen molar-refractivity contribution in [1.29, 1.82) is 0 Å². The van der Waals surface area contributed by atoms with Crippen LogP contribution in [0.5, 0.6) is 0 Å². The van der Waals surface area contributed by atoms with Gasteiger partial charge in [0.15, 0.2) is 0 Å². The number of fused-ring (bicyclic) bond motifs is 2. The Kier molecular flexibility index (Phi) is 3.85. The fourth-order valence-electron chi connectivity index (χ4n) is 3.46. The molecule has 0 radical (unpaired) electrons. The minimum atomic E-state index is -4.06. The molecule has 0 amide bonds. The first-order valence-electron chi connectivity index (χ1n) is 5.72. The number of hydrogen-bond donors (Lipinski definition) is 0. The third-order valence-electron chi connectivity index (χ3n) is 4.23. The van der Waals surface area contributed by atoms with E-state index in [4.69, 9.17) is 0 Å². The van der Waals surface area contributed by atoms with Crippen LogP contribution < -0.4 is 0 Å². The summed E-state index contributed by atoms with van der Waals surface area (Å²) in [5.41, 5.74) is -3.90. The largest absolute Gasteiger partial charge is 0.441 e. The molecule has 3 unspecified atom stereocenters. The van der Waals surface area contributed by atoms with Gasteiger partial charge in [0.25, 0.3) is 0 Å². The lowest BCUT2D eigenvalue weighted by Crippen LogP contribution is -2.30. The molecule has 2 fully saturated rings. The van der Waals surface area contributed by atoms with Gasteiger partial charge in [-0.1, -0.05) is 34.1 Å². The van der Waals surface area contributed by atoms with E-state index in [1.165, 1.54) is 19.3 Å². The maximum absolute atomic E-state index is 12.1. The highest BCUT2D eigenvalue weighted by atomic mass is 79.9. The molecule has 5 heteroatoms. The second-order valence-electron chi connectivity index (χ2n) is 5.12. The fourth-order valence-corrected chi connectivity index (χ4v) is 5.17. The van der Waals surface area contributed by atoms with Crippen molar-refractivity contribution in [3.63, 3.8) is 0 Å². The zero-order chi connectivity index (χ0) is 11.8. The van der Waals surface area contributed by atoms with Gasteiger partial charge in [0.2, 0.25) is 0 Å². The Morgan fingerprint density at radius 2 is 2.06 bits per heavy atom. The highest BCUT2D eigenvalue weighted by Crippen LogP contribution is 2.58. The first kappa shape index (κ1) is 13.1. The van der Waals surface area contributed by atoms with Gasteiger partial charge < -0.3 is 0 Å². The molecule has 2 aliphatic rings. The van der Waals surface area contributed by atoms with Gasteiger partial charge in [0.05, 0.1) is 0 Å². The Labute approximate surface area is 107 Å². The van der Waals surface area contributed by atoms with Crippen LogP contribution in [0.15, 0.2) is 0 Å². The normalized spacial score (nSPS) is 38.2. The summed E-state index contributed by atoms with van der Waals surface area (Å²) in [7, 11) is 0. The zero-order valence-corrected chi connectivity index (χ0v) is 11.4. The summed E-state index contributed by atoms with van der Waals surface area (Å²) in [6.07, 6.45) is 5.63. The topological polar surface area (TPSA) is 0 Å². The summed E-state index contributed by atoms with van der Waals surface area (Å²) in [6, 6.07) is 0. The van der Waals surface area contributed by atoms with E-state index in [0.29, 0.717) is 12.3 Å². The molecule has 2 saturated carbocycles. The molecule has 0 N–H and O–H groups in total. The molecule has 0 aromatic rings. The van der Waals surface area contributed by atoms with E-state index in [2.05, 4.69) is 15.9 Å². The van der Waals surface area contributed by atoms with Crippen molar-refractivity contribution in [2.24, 2.45) is 17.3 Å². The summed E-state index contributed by atoms with van der Waals surface area (Å²) >= 11 is 3.67. The van der Waals surface area contributed by atoms with Gasteiger partial charge in [-0.3, -0.25) is 0 Å². The Morgan fingerprint density at radius 1 is 1.31 bits per heavy atom. The molecular weight excluding hydrogens is 301 g/mol. The molecule has 2 aliphatic carbocycles. The third kappa shape index (κ3) is 2.71. The standard InChI is InChI=1S/C11H16BrF3S/c12-7-10(3-4-16-11(13,14)15)6-8-1-2-9(10)5-8/h8-9H,1-7H2. The van der Waals surface area contributed by atoms with E-state index in [1.807, 2.05) is 0 Å². The molecule has 0 aromatic carbocycles. The molecule has 3 atom stereocenters. The van der Waals surface area contributed by atoms with E-state index in [0.717, 1.165) is 17.7 Å². The number of hydrogen-bond acceptors (Lipinski definition) is 1. The van der Waals surface area contributed by atoms with Gasteiger partial charge in [-0.25, -0.2) is 0 Å². The van der Waals surface area contributed by atoms with E-state index in [9.17, 15) is 13.2 Å². The van der Waals surface area contributed by atoms with Crippen LogP contribution in [0.4, 0.5) is 13.2 Å². The molecule has 0 aromatic heterocycles. The van der Waals surface area contributed by atoms with Crippen molar-refractivity contribution in [1.82, 2.24) is 0 Å². The van der Waals surface area contributed by atoms with Crippen molar-refractivity contribution in [3.8, 4) is 0 Å². The predicted octanol–water partition coefficient (Wildman–Crippen LogP) is 4.83. The quantitative estimate of drug-likeness (QED) is 0.669. The first-order valence-corrected chi connectivity index (χ1v) is 7.82. The van der Waals surface area contributed by atoms with Crippen LogP contribution in [0, 0.1) is 17.3 Å². The fraction of sp³-hybridized carbons (Fsp3) is 1.00. The second-order valence-corrected chi connectivity index (χ2v) is 6.84. The molecule has 0 nitrogen and oxygen atoms in total. The van der Waals surface area contributed by atoms with Gasteiger partial charge >= 0.3 is 5.51 Å². The van der Waals surface area contributed by atoms with Gasteiger partial charge in [-0.05, 0) is 42.9 Å². The Bertz CT molecular complexity index is 256. The molecule has 0 aliphatic heterocycles. The van der Waals surface area contributed by atoms with E-state index in [-0.39, 0.29) is 22.9 Å². The monoisotopic (exact) mass is 316 g/mol. The summed E-state index contributed by atoms with van der Waals surface area (Å²) in [4.78, 5) is 0. The molecule has 0 saturated heterocycles. The summed E-state index contributed by atoms with van der Waals surface area (Å²) < 4.78 is 36.3. The van der Waals surface area contributed by atoms with Crippen molar-refractivity contribution >= 4 is 27.7 Å². The van der Waals surface area contributed by atoms with Crippen LogP contribution in [0.1, 0.15) is 32.1 Å². The smallest absolute Gasteiger partial charge is 0.160 e. The SMILES string of the molecule is FC(F)(F)SCCC1(CBr)CC2CCC1C2. The number of alkyl halides is 4. The third-order valence-corrected chi connectivity index (χ3v) is 6.09. The second kappa shape index (κ2) is 4.71. The molecular formula is C11H16BrF3S. The highest BCUT2D eigenvalue weighted by molar-refractivity contribution is 9.09. The minimum absolute atomic E-state index is 0.141. The molecule has 0 heterocycles. The van der Waals surface area contributed by atoms with Gasteiger partial charge in [0.1, 0.15) is 0 Å². The van der Waals surface area contributed by atoms with E-state index >= 15 is 0 Å². The number of rotatable bonds is 4. The minimum Gasteiger partial charge on any atom is -0.160 e. The lowest BCUT2D eigenvalue weighted by Gasteiger charge is -2.36. The number of halogens is 4. The van der Waals surface area contributed by atoms with Crippen LogP contribution in [-0.4, -0.2) is 16.6 Å².